The Labute approximate surface area is 99.5 Å². The fraction of sp³-hybridized carbons (Fsp3) is 0.308. The van der Waals surface area contributed by atoms with E-state index >= 15 is 0 Å². The normalized spacial score (nSPS) is 12.8. The second kappa shape index (κ2) is 4.30. The van der Waals surface area contributed by atoms with E-state index in [0.29, 0.717) is 11.1 Å². The van der Waals surface area contributed by atoms with Gasteiger partial charge in [0, 0.05) is 18.3 Å². The first kappa shape index (κ1) is 11.8. The maximum absolute atomic E-state index is 13.2. The van der Waals surface area contributed by atoms with Crippen molar-refractivity contribution in [3.8, 4) is 0 Å². The minimum absolute atomic E-state index is 0.341. The summed E-state index contributed by atoms with van der Waals surface area (Å²) >= 11 is 0. The van der Waals surface area contributed by atoms with E-state index < -0.39 is 6.10 Å². The molecule has 2 rings (SSSR count). The van der Waals surface area contributed by atoms with Gasteiger partial charge in [0.1, 0.15) is 11.9 Å². The monoisotopic (exact) mass is 234 g/mol. The van der Waals surface area contributed by atoms with Crippen LogP contribution in [0.1, 0.15) is 28.5 Å². The third-order valence-electron chi connectivity index (χ3n) is 3.10. The highest BCUT2D eigenvalue weighted by molar-refractivity contribution is 5.36. The third kappa shape index (κ3) is 2.08. The van der Waals surface area contributed by atoms with Crippen LogP contribution in [0.5, 0.6) is 0 Å². The molecule has 2 aromatic rings. The quantitative estimate of drug-likeness (QED) is 0.865. The molecule has 1 N–H and O–H groups in total. The van der Waals surface area contributed by atoms with Crippen LogP contribution in [-0.2, 0) is 7.05 Å². The van der Waals surface area contributed by atoms with Crippen molar-refractivity contribution in [2.75, 3.05) is 0 Å². The summed E-state index contributed by atoms with van der Waals surface area (Å²) in [6, 6.07) is 4.42. The fourth-order valence-corrected chi connectivity index (χ4v) is 1.86. The highest BCUT2D eigenvalue weighted by Crippen LogP contribution is 2.27. The van der Waals surface area contributed by atoms with Gasteiger partial charge in [0.05, 0.1) is 6.20 Å². The topological polar surface area (TPSA) is 38.1 Å². The Kier molecular flexibility index (Phi) is 2.98. The molecule has 0 spiro atoms. The molecule has 0 aliphatic carbocycles. The summed E-state index contributed by atoms with van der Waals surface area (Å²) in [4.78, 5) is 0. The maximum Gasteiger partial charge on any atom is 0.123 e. The Bertz CT molecular complexity index is 548. The van der Waals surface area contributed by atoms with Crippen LogP contribution in [0.2, 0.25) is 0 Å². The summed E-state index contributed by atoms with van der Waals surface area (Å²) in [5.74, 6) is -0.341. The maximum atomic E-state index is 13.2. The van der Waals surface area contributed by atoms with Crippen LogP contribution < -0.4 is 0 Å². The molecule has 0 aliphatic heterocycles. The largest absolute Gasteiger partial charge is 0.384 e. The Hall–Kier alpha value is -1.68. The molecule has 1 heterocycles. The Morgan fingerprint density at radius 3 is 2.59 bits per heavy atom. The number of halogens is 1. The number of hydrogen-bond acceptors (Lipinski definition) is 2. The molecule has 1 unspecified atom stereocenters. The number of nitrogens with zero attached hydrogens (tertiary/aromatic N) is 2. The van der Waals surface area contributed by atoms with Gasteiger partial charge in [-0.2, -0.15) is 5.10 Å². The van der Waals surface area contributed by atoms with Crippen LogP contribution in [-0.4, -0.2) is 14.9 Å². The number of aliphatic hydroxyl groups excluding tert-OH is 1. The molecule has 3 nitrogen and oxygen atoms in total. The summed E-state index contributed by atoms with van der Waals surface area (Å²) < 4.78 is 14.9. The van der Waals surface area contributed by atoms with Gasteiger partial charge in [-0.25, -0.2) is 4.39 Å². The number of aromatic nitrogens is 2. The Morgan fingerprint density at radius 2 is 2.00 bits per heavy atom. The predicted molar refractivity (Wildman–Crippen MR) is 63.1 cm³/mol. The number of benzene rings is 1. The Balaban J connectivity index is 2.47. The van der Waals surface area contributed by atoms with E-state index in [2.05, 4.69) is 5.10 Å². The van der Waals surface area contributed by atoms with E-state index in [9.17, 15) is 9.50 Å². The van der Waals surface area contributed by atoms with Gasteiger partial charge in [0.2, 0.25) is 0 Å². The van der Waals surface area contributed by atoms with E-state index in [0.717, 1.165) is 11.3 Å². The predicted octanol–water partition coefficient (Wildman–Crippen LogP) is 2.26. The van der Waals surface area contributed by atoms with Crippen LogP contribution in [0.3, 0.4) is 0 Å². The summed E-state index contributed by atoms with van der Waals surface area (Å²) in [6.45, 7) is 3.73. The van der Waals surface area contributed by atoms with Crippen molar-refractivity contribution in [2.24, 2.45) is 7.05 Å². The van der Waals surface area contributed by atoms with Gasteiger partial charge in [-0.3, -0.25) is 4.68 Å². The lowest BCUT2D eigenvalue weighted by atomic mass is 9.98. The van der Waals surface area contributed by atoms with Crippen LogP contribution in [0.15, 0.2) is 24.4 Å². The molecule has 0 fully saturated rings. The Morgan fingerprint density at radius 1 is 1.29 bits per heavy atom. The lowest BCUT2D eigenvalue weighted by Gasteiger charge is -2.13. The summed E-state index contributed by atoms with van der Waals surface area (Å²) in [5, 5.41) is 14.3. The molecule has 1 aromatic heterocycles. The van der Waals surface area contributed by atoms with Gasteiger partial charge in [0.25, 0.3) is 0 Å². The molecule has 0 aliphatic rings. The average molecular weight is 234 g/mol. The molecule has 0 bridgehead atoms. The highest BCUT2D eigenvalue weighted by atomic mass is 19.1. The highest BCUT2D eigenvalue weighted by Gasteiger charge is 2.18. The first-order valence-electron chi connectivity index (χ1n) is 5.43. The van der Waals surface area contributed by atoms with Crippen molar-refractivity contribution in [3.63, 3.8) is 0 Å². The molecule has 17 heavy (non-hydrogen) atoms. The van der Waals surface area contributed by atoms with Gasteiger partial charge in [-0.1, -0.05) is 6.07 Å². The van der Waals surface area contributed by atoms with E-state index in [1.54, 1.807) is 16.9 Å². The number of aliphatic hydroxyl groups is 1. The van der Waals surface area contributed by atoms with Crippen molar-refractivity contribution in [3.05, 3.63) is 52.6 Å². The lowest BCUT2D eigenvalue weighted by Crippen LogP contribution is -2.04. The van der Waals surface area contributed by atoms with Crippen molar-refractivity contribution in [1.29, 1.82) is 0 Å². The molecule has 0 saturated heterocycles. The number of hydrogen-bond donors (Lipinski definition) is 1. The van der Waals surface area contributed by atoms with Crippen molar-refractivity contribution in [2.45, 2.75) is 20.0 Å². The van der Waals surface area contributed by atoms with E-state index in [-0.39, 0.29) is 5.82 Å². The van der Waals surface area contributed by atoms with E-state index in [4.69, 9.17) is 0 Å². The summed E-state index contributed by atoms with van der Waals surface area (Å²) in [7, 11) is 1.81. The zero-order valence-electron chi connectivity index (χ0n) is 10.1. The van der Waals surface area contributed by atoms with Crippen molar-refractivity contribution < 1.29 is 9.50 Å². The first-order valence-corrected chi connectivity index (χ1v) is 5.43. The molecule has 4 heteroatoms. The summed E-state index contributed by atoms with van der Waals surface area (Å²) in [6.07, 6.45) is 0.782. The van der Waals surface area contributed by atoms with Crippen LogP contribution in [0.4, 0.5) is 4.39 Å². The zero-order chi connectivity index (χ0) is 12.6. The molecular weight excluding hydrogens is 219 g/mol. The molecule has 0 amide bonds. The molecular formula is C13H15FN2O. The minimum atomic E-state index is -0.834. The summed E-state index contributed by atoms with van der Waals surface area (Å²) in [5.41, 5.74) is 3.03. The molecule has 0 saturated carbocycles. The minimum Gasteiger partial charge on any atom is -0.384 e. The van der Waals surface area contributed by atoms with E-state index in [1.807, 2.05) is 20.9 Å². The second-order valence-corrected chi connectivity index (χ2v) is 4.21. The van der Waals surface area contributed by atoms with Crippen LogP contribution in [0, 0.1) is 19.7 Å². The number of aryl methyl sites for hydroxylation is 2. The molecule has 0 radical (unpaired) electrons. The van der Waals surface area contributed by atoms with E-state index in [1.165, 1.54) is 12.1 Å². The molecule has 1 atom stereocenters. The second-order valence-electron chi connectivity index (χ2n) is 4.21. The lowest BCUT2D eigenvalue weighted by molar-refractivity contribution is 0.218. The fourth-order valence-electron chi connectivity index (χ4n) is 1.86. The SMILES string of the molecule is Cc1ccc(F)cc1C(O)c1cnn(C)c1C. The van der Waals surface area contributed by atoms with Gasteiger partial charge in [0.15, 0.2) is 0 Å². The van der Waals surface area contributed by atoms with Gasteiger partial charge < -0.3 is 5.11 Å². The first-order chi connectivity index (χ1) is 8.00. The van der Waals surface area contributed by atoms with Crippen LogP contribution in [0.25, 0.3) is 0 Å². The van der Waals surface area contributed by atoms with Crippen molar-refractivity contribution in [1.82, 2.24) is 9.78 Å². The van der Waals surface area contributed by atoms with Gasteiger partial charge in [-0.15, -0.1) is 0 Å². The smallest absolute Gasteiger partial charge is 0.123 e. The third-order valence-corrected chi connectivity index (χ3v) is 3.10. The standard InChI is InChI=1S/C13H15FN2O/c1-8-4-5-10(14)6-11(8)13(17)12-7-15-16(3)9(12)2/h4-7,13,17H,1-3H3. The number of rotatable bonds is 2. The van der Waals surface area contributed by atoms with Crippen molar-refractivity contribution >= 4 is 0 Å². The van der Waals surface area contributed by atoms with Gasteiger partial charge >= 0.3 is 0 Å². The van der Waals surface area contributed by atoms with Gasteiger partial charge in [-0.05, 0) is 37.1 Å². The molecule has 90 valence electrons. The molecule has 1 aromatic carbocycles. The van der Waals surface area contributed by atoms with Crippen LogP contribution >= 0.6 is 0 Å². The zero-order valence-corrected chi connectivity index (χ0v) is 10.1. The average Bonchev–Trinajstić information content (AvgIpc) is 2.62.